The molecule has 0 radical (unpaired) electrons. The number of aryl methyl sites for hydroxylation is 1. The first kappa shape index (κ1) is 11.8. The molecule has 1 aromatic heterocycles. The van der Waals surface area contributed by atoms with Gasteiger partial charge in [-0.25, -0.2) is 4.39 Å². The quantitative estimate of drug-likeness (QED) is 0.881. The highest BCUT2D eigenvalue weighted by atomic mass is 19.1. The molecule has 0 aliphatic heterocycles. The molecule has 0 saturated carbocycles. The monoisotopic (exact) mass is 234 g/mol. The first-order valence-corrected chi connectivity index (χ1v) is 5.64. The molecule has 0 spiro atoms. The minimum absolute atomic E-state index is 0.266. The van der Waals surface area contributed by atoms with Crippen molar-refractivity contribution in [2.75, 3.05) is 0 Å². The van der Waals surface area contributed by atoms with Gasteiger partial charge in [-0.05, 0) is 18.6 Å². The van der Waals surface area contributed by atoms with Gasteiger partial charge < -0.3 is 5.11 Å². The van der Waals surface area contributed by atoms with Crippen molar-refractivity contribution in [1.82, 2.24) is 9.78 Å². The second-order valence-electron chi connectivity index (χ2n) is 3.94. The molecule has 17 heavy (non-hydrogen) atoms. The Bertz CT molecular complexity index is 496. The summed E-state index contributed by atoms with van der Waals surface area (Å²) in [6.45, 7) is 2.73. The Hall–Kier alpha value is -1.68. The Balaban J connectivity index is 2.11. The molecule has 0 aliphatic rings. The van der Waals surface area contributed by atoms with Gasteiger partial charge in [0.25, 0.3) is 0 Å². The number of nitrogens with zero attached hydrogens (tertiary/aromatic N) is 2. The van der Waals surface area contributed by atoms with Gasteiger partial charge in [0.1, 0.15) is 5.82 Å². The molecule has 2 aromatic rings. The van der Waals surface area contributed by atoms with Crippen LogP contribution in [0.2, 0.25) is 0 Å². The maximum absolute atomic E-state index is 13.4. The van der Waals surface area contributed by atoms with Gasteiger partial charge in [-0.1, -0.05) is 18.2 Å². The topological polar surface area (TPSA) is 38.0 Å². The number of aliphatic hydroxyl groups is 1. The van der Waals surface area contributed by atoms with Crippen LogP contribution in [-0.4, -0.2) is 14.9 Å². The Morgan fingerprint density at radius 1 is 1.41 bits per heavy atom. The van der Waals surface area contributed by atoms with Crippen molar-refractivity contribution in [3.05, 3.63) is 53.6 Å². The SMILES string of the molecule is CCn1cc(C(O)Cc2ccccc2F)cn1. The number of hydrogen-bond donors (Lipinski definition) is 1. The van der Waals surface area contributed by atoms with E-state index in [2.05, 4.69) is 5.10 Å². The van der Waals surface area contributed by atoms with E-state index in [-0.39, 0.29) is 12.2 Å². The van der Waals surface area contributed by atoms with E-state index in [0.29, 0.717) is 5.56 Å². The zero-order valence-corrected chi connectivity index (χ0v) is 9.68. The molecule has 2 rings (SSSR count). The summed E-state index contributed by atoms with van der Waals surface area (Å²) in [5, 5.41) is 14.1. The summed E-state index contributed by atoms with van der Waals surface area (Å²) in [6, 6.07) is 6.49. The molecule has 3 nitrogen and oxygen atoms in total. The molecule has 1 atom stereocenters. The summed E-state index contributed by atoms with van der Waals surface area (Å²) in [5.41, 5.74) is 1.24. The van der Waals surface area contributed by atoms with Crippen LogP contribution in [0.5, 0.6) is 0 Å². The van der Waals surface area contributed by atoms with Crippen molar-refractivity contribution in [2.45, 2.75) is 26.0 Å². The molecule has 0 amide bonds. The molecule has 1 heterocycles. The standard InChI is InChI=1S/C13H15FN2O/c1-2-16-9-11(8-15-16)13(17)7-10-5-3-4-6-12(10)14/h3-6,8-9,13,17H,2,7H2,1H3. The second kappa shape index (κ2) is 5.10. The lowest BCUT2D eigenvalue weighted by Crippen LogP contribution is -2.02. The fourth-order valence-electron chi connectivity index (χ4n) is 1.71. The van der Waals surface area contributed by atoms with Crippen LogP contribution in [0, 0.1) is 5.82 Å². The summed E-state index contributed by atoms with van der Waals surface area (Å²) >= 11 is 0. The fourth-order valence-corrected chi connectivity index (χ4v) is 1.71. The number of halogens is 1. The van der Waals surface area contributed by atoms with Crippen molar-refractivity contribution in [3.8, 4) is 0 Å². The van der Waals surface area contributed by atoms with E-state index in [0.717, 1.165) is 12.1 Å². The highest BCUT2D eigenvalue weighted by molar-refractivity contribution is 5.20. The van der Waals surface area contributed by atoms with Crippen LogP contribution < -0.4 is 0 Å². The van der Waals surface area contributed by atoms with Crippen LogP contribution in [0.4, 0.5) is 4.39 Å². The van der Waals surface area contributed by atoms with E-state index in [4.69, 9.17) is 0 Å². The molecule has 0 fully saturated rings. The van der Waals surface area contributed by atoms with E-state index in [1.807, 2.05) is 6.92 Å². The van der Waals surface area contributed by atoms with Crippen LogP contribution in [0.1, 0.15) is 24.2 Å². The highest BCUT2D eigenvalue weighted by Gasteiger charge is 2.12. The maximum Gasteiger partial charge on any atom is 0.126 e. The Morgan fingerprint density at radius 2 is 2.18 bits per heavy atom. The van der Waals surface area contributed by atoms with Crippen molar-refractivity contribution >= 4 is 0 Å². The molecule has 0 aliphatic carbocycles. The zero-order chi connectivity index (χ0) is 12.3. The lowest BCUT2D eigenvalue weighted by molar-refractivity contribution is 0.177. The molecule has 0 saturated heterocycles. The van der Waals surface area contributed by atoms with Gasteiger partial charge in [0.05, 0.1) is 12.3 Å². The van der Waals surface area contributed by atoms with Crippen LogP contribution in [0.25, 0.3) is 0 Å². The lowest BCUT2D eigenvalue weighted by Gasteiger charge is -2.08. The predicted molar refractivity (Wildman–Crippen MR) is 63.0 cm³/mol. The summed E-state index contributed by atoms with van der Waals surface area (Å²) in [4.78, 5) is 0. The summed E-state index contributed by atoms with van der Waals surface area (Å²) in [5.74, 6) is -0.283. The number of aliphatic hydroxyl groups excluding tert-OH is 1. The average molecular weight is 234 g/mol. The molecule has 1 aromatic carbocycles. The van der Waals surface area contributed by atoms with Crippen molar-refractivity contribution in [1.29, 1.82) is 0 Å². The summed E-state index contributed by atoms with van der Waals surface area (Å²) in [6.07, 6.45) is 2.95. The normalized spacial score (nSPS) is 12.6. The zero-order valence-electron chi connectivity index (χ0n) is 9.68. The van der Waals surface area contributed by atoms with Gasteiger partial charge >= 0.3 is 0 Å². The molecule has 1 N–H and O–H groups in total. The van der Waals surface area contributed by atoms with Gasteiger partial charge in [0.15, 0.2) is 0 Å². The maximum atomic E-state index is 13.4. The van der Waals surface area contributed by atoms with E-state index in [9.17, 15) is 9.50 Å². The highest BCUT2D eigenvalue weighted by Crippen LogP contribution is 2.19. The van der Waals surface area contributed by atoms with E-state index in [1.54, 1.807) is 35.3 Å². The van der Waals surface area contributed by atoms with Crippen molar-refractivity contribution in [2.24, 2.45) is 0 Å². The average Bonchev–Trinajstić information content (AvgIpc) is 2.81. The number of hydrogen-bond acceptors (Lipinski definition) is 2. The van der Waals surface area contributed by atoms with Crippen molar-refractivity contribution in [3.63, 3.8) is 0 Å². The smallest absolute Gasteiger partial charge is 0.126 e. The van der Waals surface area contributed by atoms with Gasteiger partial charge in [-0.15, -0.1) is 0 Å². The Labute approximate surface area is 99.5 Å². The first-order valence-electron chi connectivity index (χ1n) is 5.64. The van der Waals surface area contributed by atoms with Gasteiger partial charge in [0.2, 0.25) is 0 Å². The van der Waals surface area contributed by atoms with Gasteiger partial charge in [0, 0.05) is 24.7 Å². The first-order chi connectivity index (χ1) is 8.20. The molecule has 0 bridgehead atoms. The third kappa shape index (κ3) is 2.71. The van der Waals surface area contributed by atoms with Gasteiger partial charge in [-0.2, -0.15) is 5.10 Å². The molecule has 4 heteroatoms. The van der Waals surface area contributed by atoms with Crippen LogP contribution in [0.3, 0.4) is 0 Å². The predicted octanol–water partition coefficient (Wildman–Crippen LogP) is 2.32. The number of benzene rings is 1. The Kier molecular flexibility index (Phi) is 3.54. The van der Waals surface area contributed by atoms with E-state index >= 15 is 0 Å². The third-order valence-corrected chi connectivity index (χ3v) is 2.73. The minimum Gasteiger partial charge on any atom is -0.388 e. The molecule has 90 valence electrons. The van der Waals surface area contributed by atoms with Crippen LogP contribution >= 0.6 is 0 Å². The number of rotatable bonds is 4. The second-order valence-corrected chi connectivity index (χ2v) is 3.94. The number of aromatic nitrogens is 2. The van der Waals surface area contributed by atoms with Crippen molar-refractivity contribution < 1.29 is 9.50 Å². The fraction of sp³-hybridized carbons (Fsp3) is 0.308. The molecular weight excluding hydrogens is 219 g/mol. The lowest BCUT2D eigenvalue weighted by atomic mass is 10.0. The van der Waals surface area contributed by atoms with Gasteiger partial charge in [-0.3, -0.25) is 4.68 Å². The molecule has 1 unspecified atom stereocenters. The third-order valence-electron chi connectivity index (χ3n) is 2.73. The van der Waals surface area contributed by atoms with E-state index in [1.165, 1.54) is 6.07 Å². The van der Waals surface area contributed by atoms with Crippen LogP contribution in [-0.2, 0) is 13.0 Å². The Morgan fingerprint density at radius 3 is 2.82 bits per heavy atom. The summed E-state index contributed by atoms with van der Waals surface area (Å²) < 4.78 is 15.1. The van der Waals surface area contributed by atoms with Crippen LogP contribution in [0.15, 0.2) is 36.7 Å². The minimum atomic E-state index is -0.716. The van der Waals surface area contributed by atoms with E-state index < -0.39 is 6.10 Å². The largest absolute Gasteiger partial charge is 0.388 e. The summed E-state index contributed by atoms with van der Waals surface area (Å²) in [7, 11) is 0. The molecular formula is C13H15FN2O.